The van der Waals surface area contributed by atoms with Gasteiger partial charge < -0.3 is 0 Å². The van der Waals surface area contributed by atoms with Gasteiger partial charge in [0.25, 0.3) is 0 Å². The predicted octanol–water partition coefficient (Wildman–Crippen LogP) is 3.85. The molecule has 3 rings (SSSR count). The first-order chi connectivity index (χ1) is 9.66. The van der Waals surface area contributed by atoms with Gasteiger partial charge in [-0.2, -0.15) is 5.10 Å². The summed E-state index contributed by atoms with van der Waals surface area (Å²) in [7, 11) is 1.80. The first kappa shape index (κ1) is 13.1. The SMILES string of the molecule is Cn1nc(-c2ccccc2Cl)nc1-c1ncccc1Cl. The fraction of sp³-hybridized carbons (Fsp3) is 0.0714. The van der Waals surface area contributed by atoms with Crippen molar-refractivity contribution in [1.82, 2.24) is 19.7 Å². The van der Waals surface area contributed by atoms with E-state index < -0.39 is 0 Å². The fourth-order valence-corrected chi connectivity index (χ4v) is 2.32. The third kappa shape index (κ3) is 2.28. The van der Waals surface area contributed by atoms with E-state index in [0.29, 0.717) is 27.4 Å². The van der Waals surface area contributed by atoms with Crippen molar-refractivity contribution >= 4 is 23.2 Å². The second kappa shape index (κ2) is 5.23. The van der Waals surface area contributed by atoms with Crippen LogP contribution in [-0.4, -0.2) is 19.7 Å². The molecular formula is C14H10Cl2N4. The summed E-state index contributed by atoms with van der Waals surface area (Å²) in [4.78, 5) is 8.74. The molecule has 0 saturated heterocycles. The summed E-state index contributed by atoms with van der Waals surface area (Å²) in [6.07, 6.45) is 1.67. The third-order valence-electron chi connectivity index (χ3n) is 2.85. The highest BCUT2D eigenvalue weighted by Gasteiger charge is 2.15. The minimum Gasteiger partial charge on any atom is -0.251 e. The Kier molecular flexibility index (Phi) is 3.42. The quantitative estimate of drug-likeness (QED) is 0.722. The Morgan fingerprint density at radius 3 is 2.50 bits per heavy atom. The molecule has 0 bridgehead atoms. The van der Waals surface area contributed by atoms with Crippen LogP contribution in [0.1, 0.15) is 0 Å². The zero-order chi connectivity index (χ0) is 14.1. The van der Waals surface area contributed by atoms with E-state index in [9.17, 15) is 0 Å². The predicted molar refractivity (Wildman–Crippen MR) is 79.7 cm³/mol. The molecule has 0 aliphatic carbocycles. The molecule has 0 fully saturated rings. The Labute approximate surface area is 126 Å². The molecular weight excluding hydrogens is 295 g/mol. The van der Waals surface area contributed by atoms with Crippen LogP contribution < -0.4 is 0 Å². The van der Waals surface area contributed by atoms with Gasteiger partial charge in [0.05, 0.1) is 10.0 Å². The van der Waals surface area contributed by atoms with Gasteiger partial charge in [-0.3, -0.25) is 4.98 Å². The molecule has 0 N–H and O–H groups in total. The number of nitrogens with zero attached hydrogens (tertiary/aromatic N) is 4. The molecule has 0 spiro atoms. The van der Waals surface area contributed by atoms with Crippen LogP contribution in [0.5, 0.6) is 0 Å². The molecule has 0 saturated carbocycles. The molecule has 0 unspecified atom stereocenters. The van der Waals surface area contributed by atoms with E-state index >= 15 is 0 Å². The second-order valence-electron chi connectivity index (χ2n) is 4.20. The van der Waals surface area contributed by atoms with Gasteiger partial charge in [0, 0.05) is 18.8 Å². The lowest BCUT2D eigenvalue weighted by molar-refractivity contribution is 0.774. The highest BCUT2D eigenvalue weighted by atomic mass is 35.5. The number of hydrogen-bond acceptors (Lipinski definition) is 3. The molecule has 100 valence electrons. The van der Waals surface area contributed by atoms with Crippen LogP contribution in [0.25, 0.3) is 22.9 Å². The number of aromatic nitrogens is 4. The highest BCUT2D eigenvalue weighted by molar-refractivity contribution is 6.33. The molecule has 0 aliphatic heterocycles. The van der Waals surface area contributed by atoms with E-state index in [1.165, 1.54) is 0 Å². The smallest absolute Gasteiger partial charge is 0.183 e. The Balaban J connectivity index is 2.13. The van der Waals surface area contributed by atoms with E-state index in [0.717, 1.165) is 5.56 Å². The van der Waals surface area contributed by atoms with E-state index in [1.807, 2.05) is 18.2 Å². The Bertz CT molecular complexity index is 767. The molecule has 20 heavy (non-hydrogen) atoms. The van der Waals surface area contributed by atoms with Gasteiger partial charge in [-0.1, -0.05) is 35.3 Å². The first-order valence-electron chi connectivity index (χ1n) is 5.93. The number of hydrogen-bond donors (Lipinski definition) is 0. The van der Waals surface area contributed by atoms with Gasteiger partial charge in [0.15, 0.2) is 11.6 Å². The molecule has 1 aromatic carbocycles. The second-order valence-corrected chi connectivity index (χ2v) is 5.01. The van der Waals surface area contributed by atoms with Crippen molar-refractivity contribution in [1.29, 1.82) is 0 Å². The Morgan fingerprint density at radius 1 is 1.00 bits per heavy atom. The van der Waals surface area contributed by atoms with Crippen LogP contribution >= 0.6 is 23.2 Å². The lowest BCUT2D eigenvalue weighted by Gasteiger charge is -2.00. The average Bonchev–Trinajstić information content (AvgIpc) is 2.81. The zero-order valence-electron chi connectivity index (χ0n) is 10.6. The molecule has 2 heterocycles. The van der Waals surface area contributed by atoms with Gasteiger partial charge in [-0.15, -0.1) is 0 Å². The maximum absolute atomic E-state index is 6.17. The van der Waals surface area contributed by atoms with Crippen molar-refractivity contribution < 1.29 is 0 Å². The monoisotopic (exact) mass is 304 g/mol. The minimum absolute atomic E-state index is 0.536. The van der Waals surface area contributed by atoms with Crippen molar-refractivity contribution in [2.75, 3.05) is 0 Å². The topological polar surface area (TPSA) is 43.6 Å². The van der Waals surface area contributed by atoms with Gasteiger partial charge in [0.2, 0.25) is 0 Å². The summed E-state index contributed by atoms with van der Waals surface area (Å²) in [5.74, 6) is 1.15. The van der Waals surface area contributed by atoms with Gasteiger partial charge >= 0.3 is 0 Å². The molecule has 3 aromatic rings. The maximum atomic E-state index is 6.17. The normalized spacial score (nSPS) is 10.8. The summed E-state index contributed by atoms with van der Waals surface area (Å²) in [5.41, 5.74) is 1.38. The summed E-state index contributed by atoms with van der Waals surface area (Å²) in [6, 6.07) is 11.0. The molecule has 0 atom stereocenters. The van der Waals surface area contributed by atoms with Crippen LogP contribution in [0.15, 0.2) is 42.6 Å². The van der Waals surface area contributed by atoms with Crippen molar-refractivity contribution in [3.63, 3.8) is 0 Å². The van der Waals surface area contributed by atoms with Gasteiger partial charge in [-0.25, -0.2) is 9.67 Å². The molecule has 2 aromatic heterocycles. The maximum Gasteiger partial charge on any atom is 0.183 e. The molecule has 0 radical (unpaired) electrons. The molecule has 0 amide bonds. The summed E-state index contributed by atoms with van der Waals surface area (Å²) in [5, 5.41) is 5.53. The molecule has 4 nitrogen and oxygen atoms in total. The first-order valence-corrected chi connectivity index (χ1v) is 6.69. The van der Waals surface area contributed by atoms with E-state index in [1.54, 1.807) is 36.1 Å². The van der Waals surface area contributed by atoms with E-state index in [4.69, 9.17) is 23.2 Å². The van der Waals surface area contributed by atoms with Crippen molar-refractivity contribution in [3.8, 4) is 22.9 Å². The number of aryl methyl sites for hydroxylation is 1. The van der Waals surface area contributed by atoms with Gasteiger partial charge in [0.1, 0.15) is 5.69 Å². The number of benzene rings is 1. The van der Waals surface area contributed by atoms with E-state index in [2.05, 4.69) is 15.1 Å². The molecule has 6 heteroatoms. The van der Waals surface area contributed by atoms with Crippen molar-refractivity contribution in [2.24, 2.45) is 7.05 Å². The zero-order valence-corrected chi connectivity index (χ0v) is 12.1. The lowest BCUT2D eigenvalue weighted by Crippen LogP contribution is -1.96. The van der Waals surface area contributed by atoms with Crippen LogP contribution in [0.3, 0.4) is 0 Å². The van der Waals surface area contributed by atoms with Crippen LogP contribution in [0, 0.1) is 0 Å². The van der Waals surface area contributed by atoms with E-state index in [-0.39, 0.29) is 0 Å². The summed E-state index contributed by atoms with van der Waals surface area (Å²) >= 11 is 12.3. The number of pyridine rings is 1. The Hall–Kier alpha value is -1.91. The highest BCUT2D eigenvalue weighted by Crippen LogP contribution is 2.28. The summed E-state index contributed by atoms with van der Waals surface area (Å²) < 4.78 is 1.65. The number of rotatable bonds is 2. The Morgan fingerprint density at radius 2 is 1.75 bits per heavy atom. The lowest BCUT2D eigenvalue weighted by atomic mass is 10.2. The van der Waals surface area contributed by atoms with Gasteiger partial charge in [-0.05, 0) is 24.3 Å². The van der Waals surface area contributed by atoms with Crippen molar-refractivity contribution in [3.05, 3.63) is 52.6 Å². The largest absolute Gasteiger partial charge is 0.251 e. The van der Waals surface area contributed by atoms with Crippen molar-refractivity contribution in [2.45, 2.75) is 0 Å². The summed E-state index contributed by atoms with van der Waals surface area (Å²) in [6.45, 7) is 0. The minimum atomic E-state index is 0.536. The standard InChI is InChI=1S/C14H10Cl2N4/c1-20-14(12-11(16)7-4-8-17-12)18-13(19-20)9-5-2-3-6-10(9)15/h2-8H,1H3. The van der Waals surface area contributed by atoms with Crippen LogP contribution in [-0.2, 0) is 7.05 Å². The third-order valence-corrected chi connectivity index (χ3v) is 3.48. The number of halogens is 2. The molecule has 0 aliphatic rings. The van der Waals surface area contributed by atoms with Crippen LogP contribution in [0.2, 0.25) is 10.0 Å². The fourth-order valence-electron chi connectivity index (χ4n) is 1.90. The average molecular weight is 305 g/mol. The van der Waals surface area contributed by atoms with Crippen LogP contribution in [0.4, 0.5) is 0 Å².